The van der Waals surface area contributed by atoms with Crippen molar-refractivity contribution < 1.29 is 4.74 Å². The smallest absolute Gasteiger partial charge is 0.126 e. The molecule has 0 aliphatic heterocycles. The first-order valence-corrected chi connectivity index (χ1v) is 8.71. The summed E-state index contributed by atoms with van der Waals surface area (Å²) in [4.78, 5) is 0. The summed E-state index contributed by atoms with van der Waals surface area (Å²) in [5.74, 6) is 7.96. The van der Waals surface area contributed by atoms with Gasteiger partial charge in [-0.25, -0.2) is 0 Å². The third-order valence-electron chi connectivity index (χ3n) is 4.21. The normalized spacial score (nSPS) is 13.3. The van der Waals surface area contributed by atoms with Crippen molar-refractivity contribution in [1.29, 1.82) is 0 Å². The van der Waals surface area contributed by atoms with E-state index in [-0.39, 0.29) is 10.8 Å². The summed E-state index contributed by atoms with van der Waals surface area (Å²) in [5.41, 5.74) is 4.05. The van der Waals surface area contributed by atoms with Crippen LogP contribution >= 0.6 is 0 Å². The van der Waals surface area contributed by atoms with Crippen LogP contribution in [0.15, 0.2) is 12.1 Å². The van der Waals surface area contributed by atoms with Gasteiger partial charge >= 0.3 is 0 Å². The molecule has 0 heterocycles. The Morgan fingerprint density at radius 3 is 1.78 bits per heavy atom. The van der Waals surface area contributed by atoms with E-state index in [1.165, 1.54) is 16.7 Å². The minimum Gasteiger partial charge on any atom is -0.496 e. The molecule has 0 amide bonds. The molecule has 0 spiro atoms. The molecule has 0 N–H and O–H groups in total. The third kappa shape index (κ3) is 5.03. The predicted molar refractivity (Wildman–Crippen MR) is 101 cm³/mol. The van der Waals surface area contributed by atoms with Gasteiger partial charge in [0.15, 0.2) is 0 Å². The molecule has 0 radical (unpaired) electrons. The van der Waals surface area contributed by atoms with E-state index >= 15 is 0 Å². The van der Waals surface area contributed by atoms with Crippen molar-refractivity contribution in [1.82, 2.24) is 0 Å². The van der Waals surface area contributed by atoms with Crippen LogP contribution in [0.2, 0.25) is 0 Å². The summed E-state index contributed by atoms with van der Waals surface area (Å²) in [6, 6.07) is 4.65. The second kappa shape index (κ2) is 7.43. The van der Waals surface area contributed by atoms with Crippen LogP contribution in [0.3, 0.4) is 0 Å². The lowest BCUT2D eigenvalue weighted by atomic mass is 9.77. The van der Waals surface area contributed by atoms with Crippen LogP contribution < -0.4 is 4.74 Å². The van der Waals surface area contributed by atoms with E-state index in [0.29, 0.717) is 5.92 Å². The Labute approximate surface area is 143 Å². The van der Waals surface area contributed by atoms with Gasteiger partial charge in [-0.2, -0.15) is 0 Å². The molecule has 0 saturated carbocycles. The molecule has 1 unspecified atom stereocenters. The van der Waals surface area contributed by atoms with Crippen molar-refractivity contribution in [3.8, 4) is 17.6 Å². The van der Waals surface area contributed by atoms with E-state index in [4.69, 9.17) is 4.74 Å². The van der Waals surface area contributed by atoms with E-state index < -0.39 is 0 Å². The van der Waals surface area contributed by atoms with Crippen LogP contribution in [0.4, 0.5) is 0 Å². The van der Waals surface area contributed by atoms with Crippen molar-refractivity contribution in [3.05, 3.63) is 28.8 Å². The lowest BCUT2D eigenvalue weighted by Crippen LogP contribution is -2.20. The highest BCUT2D eigenvalue weighted by molar-refractivity contribution is 5.51. The number of hydrogen-bond donors (Lipinski definition) is 0. The fourth-order valence-corrected chi connectivity index (χ4v) is 2.74. The highest BCUT2D eigenvalue weighted by Gasteiger charge is 2.28. The zero-order valence-electron chi connectivity index (χ0n) is 16.6. The Balaban J connectivity index is 3.50. The second-order valence-corrected chi connectivity index (χ2v) is 8.46. The van der Waals surface area contributed by atoms with Crippen LogP contribution in [-0.2, 0) is 10.8 Å². The van der Waals surface area contributed by atoms with Gasteiger partial charge in [-0.3, -0.25) is 0 Å². The number of rotatable bonds is 3. The summed E-state index contributed by atoms with van der Waals surface area (Å²) in [5, 5.41) is 0. The van der Waals surface area contributed by atoms with Gasteiger partial charge in [0.2, 0.25) is 0 Å². The van der Waals surface area contributed by atoms with Crippen LogP contribution in [-0.4, -0.2) is 7.11 Å². The van der Waals surface area contributed by atoms with Gasteiger partial charge in [0.1, 0.15) is 5.75 Å². The standard InChI is InChI=1S/C22H34O/c1-10-11-12-13-16(2)17-14-18(21(3,4)5)20(23-9)19(15-17)22(6,7)8/h14-16H,10,13H2,1-9H3. The number of ether oxygens (including phenoxy) is 1. The third-order valence-corrected chi connectivity index (χ3v) is 4.21. The maximum atomic E-state index is 5.83. The number of benzene rings is 1. The van der Waals surface area contributed by atoms with Gasteiger partial charge < -0.3 is 4.74 Å². The molecule has 1 aromatic rings. The molecule has 0 fully saturated rings. The lowest BCUT2D eigenvalue weighted by Gasteiger charge is -2.30. The Bertz CT molecular complexity index is 550. The van der Waals surface area contributed by atoms with E-state index in [0.717, 1.165) is 18.6 Å². The molecule has 0 aliphatic carbocycles. The molecule has 0 bridgehead atoms. The molecule has 1 heteroatoms. The van der Waals surface area contributed by atoms with E-state index in [2.05, 4.69) is 79.4 Å². The molecular formula is C22H34O. The van der Waals surface area contributed by atoms with Gasteiger partial charge in [0.05, 0.1) is 7.11 Å². The largest absolute Gasteiger partial charge is 0.496 e. The average Bonchev–Trinajstić information content (AvgIpc) is 2.44. The summed E-state index contributed by atoms with van der Waals surface area (Å²) in [7, 11) is 1.79. The summed E-state index contributed by atoms with van der Waals surface area (Å²) >= 11 is 0. The summed E-state index contributed by atoms with van der Waals surface area (Å²) < 4.78 is 5.83. The molecule has 23 heavy (non-hydrogen) atoms. The minimum absolute atomic E-state index is 0.0518. The van der Waals surface area contributed by atoms with Crippen LogP contribution in [0.5, 0.6) is 5.75 Å². The maximum absolute atomic E-state index is 5.83. The lowest BCUT2D eigenvalue weighted by molar-refractivity contribution is 0.381. The molecule has 0 aromatic heterocycles. The highest BCUT2D eigenvalue weighted by Crippen LogP contribution is 2.42. The molecule has 0 aliphatic rings. The second-order valence-electron chi connectivity index (χ2n) is 8.46. The zero-order chi connectivity index (χ0) is 17.8. The monoisotopic (exact) mass is 314 g/mol. The van der Waals surface area contributed by atoms with Crippen molar-refractivity contribution >= 4 is 0 Å². The van der Waals surface area contributed by atoms with Gasteiger partial charge in [-0.15, -0.1) is 11.8 Å². The molecule has 1 rings (SSSR count). The molecule has 128 valence electrons. The topological polar surface area (TPSA) is 9.23 Å². The highest BCUT2D eigenvalue weighted by atomic mass is 16.5. The van der Waals surface area contributed by atoms with Gasteiger partial charge in [0.25, 0.3) is 0 Å². The molecule has 1 nitrogen and oxygen atoms in total. The Morgan fingerprint density at radius 2 is 1.43 bits per heavy atom. The fourth-order valence-electron chi connectivity index (χ4n) is 2.74. The maximum Gasteiger partial charge on any atom is 0.126 e. The van der Waals surface area contributed by atoms with Crippen molar-refractivity contribution in [2.75, 3.05) is 7.11 Å². The van der Waals surface area contributed by atoms with E-state index in [9.17, 15) is 0 Å². The number of hydrogen-bond acceptors (Lipinski definition) is 1. The van der Waals surface area contributed by atoms with Gasteiger partial charge in [0, 0.05) is 24.0 Å². The molecule has 0 saturated heterocycles. The first-order valence-electron chi connectivity index (χ1n) is 8.71. The van der Waals surface area contributed by atoms with Crippen LogP contribution in [0, 0.1) is 11.8 Å². The SMILES string of the molecule is CCC#CCC(C)c1cc(C(C)(C)C)c(OC)c(C(C)(C)C)c1. The first-order chi connectivity index (χ1) is 10.5. The first kappa shape index (κ1) is 19.6. The van der Waals surface area contributed by atoms with Crippen LogP contribution in [0.25, 0.3) is 0 Å². The fraction of sp³-hybridized carbons (Fsp3) is 0.636. The van der Waals surface area contributed by atoms with Crippen molar-refractivity contribution in [2.24, 2.45) is 0 Å². The molecule has 1 atom stereocenters. The Kier molecular flexibility index (Phi) is 6.34. The zero-order valence-corrected chi connectivity index (χ0v) is 16.6. The minimum atomic E-state index is 0.0518. The Morgan fingerprint density at radius 1 is 0.957 bits per heavy atom. The van der Waals surface area contributed by atoms with Crippen molar-refractivity contribution in [3.63, 3.8) is 0 Å². The van der Waals surface area contributed by atoms with Gasteiger partial charge in [-0.1, -0.05) is 67.5 Å². The van der Waals surface area contributed by atoms with Crippen molar-refractivity contribution in [2.45, 2.75) is 85.0 Å². The van der Waals surface area contributed by atoms with E-state index in [1.54, 1.807) is 7.11 Å². The van der Waals surface area contributed by atoms with E-state index in [1.807, 2.05) is 0 Å². The van der Waals surface area contributed by atoms with Gasteiger partial charge in [-0.05, 0) is 22.3 Å². The number of methoxy groups -OCH3 is 1. The molecule has 1 aromatic carbocycles. The Hall–Kier alpha value is -1.42. The average molecular weight is 315 g/mol. The summed E-state index contributed by atoms with van der Waals surface area (Å²) in [6.45, 7) is 17.9. The molecular weight excluding hydrogens is 280 g/mol. The summed E-state index contributed by atoms with van der Waals surface area (Å²) in [6.07, 6.45) is 1.84. The predicted octanol–water partition coefficient (Wildman–Crippen LogP) is 6.20. The quantitative estimate of drug-likeness (QED) is 0.604. The van der Waals surface area contributed by atoms with Crippen LogP contribution in [0.1, 0.15) is 90.8 Å².